The Hall–Kier alpha value is -2.83. The molecule has 1 saturated heterocycles. The predicted molar refractivity (Wildman–Crippen MR) is 89.6 cm³/mol. The molecule has 24 heavy (non-hydrogen) atoms. The van der Waals surface area contributed by atoms with Crippen molar-refractivity contribution in [2.45, 2.75) is 25.9 Å². The summed E-state index contributed by atoms with van der Waals surface area (Å²) in [5.74, 6) is -0.0810. The molecular formula is C17H21N5O2. The molecule has 2 heterocycles. The fourth-order valence-corrected chi connectivity index (χ4v) is 2.83. The van der Waals surface area contributed by atoms with Gasteiger partial charge in [0.2, 0.25) is 5.91 Å². The Labute approximate surface area is 140 Å². The lowest BCUT2D eigenvalue weighted by Crippen LogP contribution is -2.59. The van der Waals surface area contributed by atoms with Gasteiger partial charge in [-0.2, -0.15) is 5.10 Å². The molecule has 1 aliphatic heterocycles. The first-order valence-corrected chi connectivity index (χ1v) is 8.10. The molecule has 0 spiro atoms. The Morgan fingerprint density at radius 2 is 2.17 bits per heavy atom. The first-order valence-electron chi connectivity index (χ1n) is 8.10. The van der Waals surface area contributed by atoms with Crippen molar-refractivity contribution in [3.8, 4) is 5.69 Å². The highest BCUT2D eigenvalue weighted by molar-refractivity contribution is 5.88. The molecular weight excluding hydrogens is 306 g/mol. The minimum atomic E-state index is -0.388. The number of carbonyl (C=O) groups is 2. The Balaban J connectivity index is 1.59. The van der Waals surface area contributed by atoms with Gasteiger partial charge < -0.3 is 15.5 Å². The van der Waals surface area contributed by atoms with E-state index < -0.39 is 0 Å². The Bertz CT molecular complexity index is 696. The fourth-order valence-electron chi connectivity index (χ4n) is 2.83. The quantitative estimate of drug-likeness (QED) is 0.888. The number of carbonyl (C=O) groups excluding carboxylic acids is 2. The molecule has 0 radical (unpaired) electrons. The van der Waals surface area contributed by atoms with Crippen LogP contribution < -0.4 is 10.6 Å². The zero-order valence-electron chi connectivity index (χ0n) is 13.6. The van der Waals surface area contributed by atoms with Gasteiger partial charge in [0.25, 0.3) is 0 Å². The molecule has 1 fully saturated rings. The highest BCUT2D eigenvalue weighted by Gasteiger charge is 2.31. The van der Waals surface area contributed by atoms with E-state index in [0.29, 0.717) is 26.1 Å². The molecule has 3 rings (SSSR count). The summed E-state index contributed by atoms with van der Waals surface area (Å²) >= 11 is 0. The number of nitrogens with one attached hydrogen (secondary N) is 2. The second-order valence-corrected chi connectivity index (χ2v) is 5.68. The van der Waals surface area contributed by atoms with Gasteiger partial charge >= 0.3 is 6.03 Å². The van der Waals surface area contributed by atoms with Crippen LogP contribution in [0.2, 0.25) is 0 Å². The number of hydrogen-bond acceptors (Lipinski definition) is 3. The molecule has 2 N–H and O–H groups in total. The summed E-state index contributed by atoms with van der Waals surface area (Å²) in [6, 6.07) is 9.10. The van der Waals surface area contributed by atoms with Crippen molar-refractivity contribution in [2.24, 2.45) is 0 Å². The van der Waals surface area contributed by atoms with Crippen molar-refractivity contribution in [1.29, 1.82) is 0 Å². The topological polar surface area (TPSA) is 79.3 Å². The maximum absolute atomic E-state index is 12.4. The average Bonchev–Trinajstić information content (AvgIpc) is 3.14. The van der Waals surface area contributed by atoms with Crippen LogP contribution in [0.4, 0.5) is 4.79 Å². The van der Waals surface area contributed by atoms with E-state index in [1.807, 2.05) is 43.5 Å². The average molecular weight is 327 g/mol. The smallest absolute Gasteiger partial charge is 0.318 e. The molecule has 1 aromatic heterocycles. The zero-order chi connectivity index (χ0) is 16.9. The van der Waals surface area contributed by atoms with Crippen molar-refractivity contribution in [3.63, 3.8) is 0 Å². The van der Waals surface area contributed by atoms with E-state index in [4.69, 9.17) is 0 Å². The molecule has 0 aliphatic carbocycles. The van der Waals surface area contributed by atoms with Gasteiger partial charge in [0, 0.05) is 32.0 Å². The molecule has 0 unspecified atom stereocenters. The van der Waals surface area contributed by atoms with Gasteiger partial charge in [-0.1, -0.05) is 19.1 Å². The van der Waals surface area contributed by atoms with E-state index in [1.54, 1.807) is 15.8 Å². The van der Waals surface area contributed by atoms with E-state index in [9.17, 15) is 9.59 Å². The van der Waals surface area contributed by atoms with E-state index in [0.717, 1.165) is 11.3 Å². The molecule has 126 valence electrons. The normalized spacial score (nSPS) is 17.5. The summed E-state index contributed by atoms with van der Waals surface area (Å²) < 4.78 is 1.78. The van der Waals surface area contributed by atoms with E-state index >= 15 is 0 Å². The lowest BCUT2D eigenvalue weighted by molar-refractivity contribution is -0.127. The molecule has 1 atom stereocenters. The van der Waals surface area contributed by atoms with Crippen LogP contribution in [0.5, 0.6) is 0 Å². The minimum absolute atomic E-state index is 0.0810. The van der Waals surface area contributed by atoms with Crippen LogP contribution >= 0.6 is 0 Å². The van der Waals surface area contributed by atoms with Crippen LogP contribution in [-0.4, -0.2) is 45.8 Å². The minimum Gasteiger partial charge on any atom is -0.353 e. The van der Waals surface area contributed by atoms with E-state index in [1.165, 1.54) is 0 Å². The first kappa shape index (κ1) is 16.0. The van der Waals surface area contributed by atoms with E-state index in [2.05, 4.69) is 15.7 Å². The number of hydrogen-bond donors (Lipinski definition) is 2. The number of aromatic nitrogens is 2. The second kappa shape index (κ2) is 7.16. The highest BCUT2D eigenvalue weighted by Crippen LogP contribution is 2.11. The zero-order valence-corrected chi connectivity index (χ0v) is 13.6. The molecule has 2 aromatic rings. The summed E-state index contributed by atoms with van der Waals surface area (Å²) in [5, 5.41) is 9.86. The fraction of sp³-hybridized carbons (Fsp3) is 0.353. The number of benzene rings is 1. The number of amides is 3. The summed E-state index contributed by atoms with van der Waals surface area (Å²) in [6.45, 7) is 3.37. The van der Waals surface area contributed by atoms with Gasteiger partial charge in [-0.15, -0.1) is 0 Å². The number of piperazine rings is 1. The number of nitrogens with zero attached hydrogens (tertiary/aromatic N) is 3. The van der Waals surface area contributed by atoms with Gasteiger partial charge in [-0.25, -0.2) is 9.48 Å². The van der Waals surface area contributed by atoms with Crippen LogP contribution in [0.1, 0.15) is 18.9 Å². The van der Waals surface area contributed by atoms with Gasteiger partial charge in [0.05, 0.1) is 5.69 Å². The molecule has 7 nitrogen and oxygen atoms in total. The molecule has 3 amide bonds. The van der Waals surface area contributed by atoms with Gasteiger partial charge in [0.15, 0.2) is 0 Å². The summed E-state index contributed by atoms with van der Waals surface area (Å²) in [5.41, 5.74) is 1.96. The van der Waals surface area contributed by atoms with Crippen LogP contribution in [0, 0.1) is 0 Å². The monoisotopic (exact) mass is 327 g/mol. The molecule has 7 heteroatoms. The highest BCUT2D eigenvalue weighted by atomic mass is 16.2. The summed E-state index contributed by atoms with van der Waals surface area (Å²) in [6.07, 6.45) is 4.22. The molecule has 1 aliphatic rings. The number of rotatable bonds is 4. The van der Waals surface area contributed by atoms with Crippen molar-refractivity contribution in [3.05, 3.63) is 48.3 Å². The lowest BCUT2D eigenvalue weighted by atomic mass is 10.1. The lowest BCUT2D eigenvalue weighted by Gasteiger charge is -2.34. The van der Waals surface area contributed by atoms with Crippen LogP contribution in [0.25, 0.3) is 5.69 Å². The molecule has 0 bridgehead atoms. The van der Waals surface area contributed by atoms with Crippen LogP contribution in [0.15, 0.2) is 42.7 Å². The Morgan fingerprint density at radius 1 is 1.38 bits per heavy atom. The van der Waals surface area contributed by atoms with Crippen LogP contribution in [-0.2, 0) is 11.3 Å². The van der Waals surface area contributed by atoms with Crippen LogP contribution in [0.3, 0.4) is 0 Å². The standard InChI is InChI=1S/C17H21N5O2/c1-2-15-16(23)18-9-11-21(15)17(24)19-12-13-4-6-14(7-5-13)22-10-3-8-20-22/h3-8,10,15H,2,9,11-12H2,1H3,(H,18,23)(H,19,24)/t15-/m1/s1. The third kappa shape index (κ3) is 3.40. The number of urea groups is 1. The van der Waals surface area contributed by atoms with Crippen molar-refractivity contribution in [1.82, 2.24) is 25.3 Å². The van der Waals surface area contributed by atoms with Gasteiger partial charge in [-0.3, -0.25) is 4.79 Å². The molecule has 0 saturated carbocycles. The maximum Gasteiger partial charge on any atom is 0.318 e. The molecule has 1 aromatic carbocycles. The van der Waals surface area contributed by atoms with Crippen molar-refractivity contribution < 1.29 is 9.59 Å². The third-order valence-electron chi connectivity index (χ3n) is 4.13. The Kier molecular flexibility index (Phi) is 4.79. The SMILES string of the molecule is CC[C@@H]1C(=O)NCCN1C(=O)NCc1ccc(-n2cccn2)cc1. The summed E-state index contributed by atoms with van der Waals surface area (Å²) in [7, 11) is 0. The third-order valence-corrected chi connectivity index (χ3v) is 4.13. The Morgan fingerprint density at radius 3 is 2.83 bits per heavy atom. The van der Waals surface area contributed by atoms with Crippen molar-refractivity contribution in [2.75, 3.05) is 13.1 Å². The second-order valence-electron chi connectivity index (χ2n) is 5.68. The van der Waals surface area contributed by atoms with Gasteiger partial charge in [0.1, 0.15) is 6.04 Å². The maximum atomic E-state index is 12.4. The summed E-state index contributed by atoms with van der Waals surface area (Å²) in [4.78, 5) is 25.8. The van der Waals surface area contributed by atoms with Gasteiger partial charge in [-0.05, 0) is 30.2 Å². The van der Waals surface area contributed by atoms with E-state index in [-0.39, 0.29) is 18.0 Å². The first-order chi connectivity index (χ1) is 11.7. The largest absolute Gasteiger partial charge is 0.353 e. The predicted octanol–water partition coefficient (Wildman–Crippen LogP) is 1.29. The van der Waals surface area contributed by atoms with Crippen molar-refractivity contribution >= 4 is 11.9 Å².